The number of hydrogen-bond acceptors (Lipinski definition) is 3. The predicted octanol–water partition coefficient (Wildman–Crippen LogP) is 3.71. The van der Waals surface area contributed by atoms with Gasteiger partial charge in [0.15, 0.2) is 0 Å². The maximum atomic E-state index is 5.65. The zero-order valence-electron chi connectivity index (χ0n) is 8.00. The lowest BCUT2D eigenvalue weighted by Crippen LogP contribution is -1.91. The summed E-state index contributed by atoms with van der Waals surface area (Å²) < 4.78 is 5.37. The topological polar surface area (TPSA) is 21.6 Å². The molecule has 1 rings (SSSR count). The lowest BCUT2D eigenvalue weighted by atomic mass is 10.3. The van der Waals surface area contributed by atoms with Crippen molar-refractivity contribution in [3.8, 4) is 5.75 Å². The van der Waals surface area contributed by atoms with Gasteiger partial charge in [0.05, 0.1) is 17.5 Å². The summed E-state index contributed by atoms with van der Waals surface area (Å²) in [6, 6.07) is 5.69. The summed E-state index contributed by atoms with van der Waals surface area (Å²) in [5.74, 6) is 0.840. The van der Waals surface area contributed by atoms with Crippen molar-refractivity contribution in [3.63, 3.8) is 0 Å². The van der Waals surface area contributed by atoms with E-state index >= 15 is 0 Å². The summed E-state index contributed by atoms with van der Waals surface area (Å²) in [4.78, 5) is 4.91. The number of alkyl halides is 1. The molecule has 1 aromatic carbocycles. The zero-order chi connectivity index (χ0) is 10.4. The molecule has 0 bridgehead atoms. The van der Waals surface area contributed by atoms with E-state index in [1.165, 1.54) is 11.8 Å². The maximum absolute atomic E-state index is 5.65. The number of nitrogens with zero attached hydrogens (tertiary/aromatic N) is 1. The molecule has 1 aromatic rings. The van der Waals surface area contributed by atoms with Gasteiger partial charge in [-0.05, 0) is 31.8 Å². The largest absolute Gasteiger partial charge is 0.494 e. The minimum Gasteiger partial charge on any atom is -0.494 e. The van der Waals surface area contributed by atoms with Gasteiger partial charge in [0.2, 0.25) is 0 Å². The molecule has 0 aliphatic heterocycles. The van der Waals surface area contributed by atoms with Gasteiger partial charge in [-0.1, -0.05) is 0 Å². The van der Waals surface area contributed by atoms with Crippen LogP contribution in [0.25, 0.3) is 0 Å². The molecular weight excluding hydrogens is 218 g/mol. The van der Waals surface area contributed by atoms with Gasteiger partial charge in [0, 0.05) is 4.90 Å². The van der Waals surface area contributed by atoms with Crippen LogP contribution in [0.4, 0.5) is 5.69 Å². The van der Waals surface area contributed by atoms with Gasteiger partial charge >= 0.3 is 0 Å². The smallest absolute Gasteiger partial charge is 0.120 e. The van der Waals surface area contributed by atoms with Gasteiger partial charge in [-0.3, -0.25) is 4.99 Å². The van der Waals surface area contributed by atoms with E-state index in [9.17, 15) is 0 Å². The molecule has 0 saturated carbocycles. The SMILES string of the molecule is C=Nc1ccc(OCC)cc1SCCl. The van der Waals surface area contributed by atoms with Gasteiger partial charge < -0.3 is 4.74 Å². The van der Waals surface area contributed by atoms with Crippen LogP contribution < -0.4 is 4.74 Å². The highest BCUT2D eigenvalue weighted by Gasteiger charge is 2.03. The summed E-state index contributed by atoms with van der Waals surface area (Å²) in [5.41, 5.74) is 0.846. The fourth-order valence-corrected chi connectivity index (χ4v) is 2.01. The van der Waals surface area contributed by atoms with Crippen molar-refractivity contribution in [2.75, 3.05) is 11.8 Å². The van der Waals surface area contributed by atoms with Crippen molar-refractivity contribution in [3.05, 3.63) is 18.2 Å². The van der Waals surface area contributed by atoms with Gasteiger partial charge in [-0.25, -0.2) is 0 Å². The average Bonchev–Trinajstić information content (AvgIpc) is 2.19. The number of aliphatic imine (C=N–C) groups is 1. The molecule has 0 radical (unpaired) electrons. The minimum absolute atomic E-state index is 0.498. The number of rotatable bonds is 5. The summed E-state index contributed by atoms with van der Waals surface area (Å²) in [6.07, 6.45) is 0. The van der Waals surface area contributed by atoms with Crippen LogP contribution in [-0.2, 0) is 0 Å². The van der Waals surface area contributed by atoms with E-state index in [1.54, 1.807) is 0 Å². The monoisotopic (exact) mass is 229 g/mol. The summed E-state index contributed by atoms with van der Waals surface area (Å²) in [5, 5.41) is 0.498. The van der Waals surface area contributed by atoms with Crippen LogP contribution >= 0.6 is 23.4 Å². The lowest BCUT2D eigenvalue weighted by Gasteiger charge is -2.07. The summed E-state index contributed by atoms with van der Waals surface area (Å²) in [6.45, 7) is 6.11. The molecule has 0 aliphatic carbocycles. The fraction of sp³-hybridized carbons (Fsp3) is 0.300. The number of hydrogen-bond donors (Lipinski definition) is 0. The van der Waals surface area contributed by atoms with Crippen LogP contribution in [0.5, 0.6) is 5.75 Å². The van der Waals surface area contributed by atoms with Crippen molar-refractivity contribution in [1.29, 1.82) is 0 Å². The average molecular weight is 230 g/mol. The molecule has 76 valence electrons. The Balaban J connectivity index is 2.94. The second-order valence-corrected chi connectivity index (χ2v) is 4.08. The third-order valence-corrected chi connectivity index (χ3v) is 2.70. The molecule has 0 amide bonds. The van der Waals surface area contributed by atoms with Crippen LogP contribution in [0.2, 0.25) is 0 Å². The Bertz CT molecular complexity index is 317. The fourth-order valence-electron chi connectivity index (χ4n) is 1.06. The van der Waals surface area contributed by atoms with E-state index in [2.05, 4.69) is 11.7 Å². The molecule has 0 fully saturated rings. The van der Waals surface area contributed by atoms with Crippen LogP contribution in [0.15, 0.2) is 28.1 Å². The van der Waals surface area contributed by atoms with Crippen molar-refractivity contribution in [2.45, 2.75) is 11.8 Å². The highest BCUT2D eigenvalue weighted by Crippen LogP contribution is 2.33. The van der Waals surface area contributed by atoms with Crippen LogP contribution in [0.1, 0.15) is 6.92 Å². The van der Waals surface area contributed by atoms with Gasteiger partial charge in [-0.15, -0.1) is 23.4 Å². The van der Waals surface area contributed by atoms with Crippen LogP contribution in [-0.4, -0.2) is 18.5 Å². The van der Waals surface area contributed by atoms with Gasteiger partial charge in [0.1, 0.15) is 5.75 Å². The lowest BCUT2D eigenvalue weighted by molar-refractivity contribution is 0.339. The molecular formula is C10H12ClNOS. The second-order valence-electron chi connectivity index (χ2n) is 2.47. The van der Waals surface area contributed by atoms with Crippen LogP contribution in [0.3, 0.4) is 0 Å². The third kappa shape index (κ3) is 2.93. The molecule has 0 N–H and O–H groups in total. The Morgan fingerprint density at radius 2 is 2.36 bits per heavy atom. The molecule has 0 atom stereocenters. The van der Waals surface area contributed by atoms with Crippen molar-refractivity contribution < 1.29 is 4.74 Å². The first-order valence-electron chi connectivity index (χ1n) is 4.24. The molecule has 0 saturated heterocycles. The number of halogens is 1. The first-order valence-corrected chi connectivity index (χ1v) is 5.76. The number of benzene rings is 1. The highest BCUT2D eigenvalue weighted by molar-refractivity contribution is 8.00. The van der Waals surface area contributed by atoms with Crippen LogP contribution in [0, 0.1) is 0 Å². The molecule has 14 heavy (non-hydrogen) atoms. The number of ether oxygens (including phenoxy) is 1. The molecule has 2 nitrogen and oxygen atoms in total. The summed E-state index contributed by atoms with van der Waals surface area (Å²) >= 11 is 7.17. The van der Waals surface area contributed by atoms with E-state index in [-0.39, 0.29) is 0 Å². The molecule has 4 heteroatoms. The Morgan fingerprint density at radius 3 is 2.93 bits per heavy atom. The minimum atomic E-state index is 0.498. The zero-order valence-corrected chi connectivity index (χ0v) is 9.57. The molecule has 0 spiro atoms. The highest BCUT2D eigenvalue weighted by atomic mass is 35.5. The first kappa shape index (κ1) is 11.4. The standard InChI is InChI=1S/C10H12ClNOS/c1-3-13-8-4-5-9(12-2)10(6-8)14-7-11/h4-6H,2-3,7H2,1H3. The van der Waals surface area contributed by atoms with E-state index in [1.807, 2.05) is 25.1 Å². The number of thioether (sulfide) groups is 1. The Morgan fingerprint density at radius 1 is 1.57 bits per heavy atom. The maximum Gasteiger partial charge on any atom is 0.120 e. The van der Waals surface area contributed by atoms with E-state index < -0.39 is 0 Å². The Hall–Kier alpha value is -0.670. The second kappa shape index (κ2) is 5.94. The van der Waals surface area contributed by atoms with E-state index in [0.29, 0.717) is 11.8 Å². The summed E-state index contributed by atoms with van der Waals surface area (Å²) in [7, 11) is 0. The molecule has 0 aromatic heterocycles. The van der Waals surface area contributed by atoms with Crippen molar-refractivity contribution in [1.82, 2.24) is 0 Å². The van der Waals surface area contributed by atoms with E-state index in [0.717, 1.165) is 16.3 Å². The Kier molecular flexibility index (Phi) is 4.84. The quantitative estimate of drug-likeness (QED) is 0.436. The molecule has 0 heterocycles. The molecule has 0 aliphatic rings. The molecule has 0 unspecified atom stereocenters. The third-order valence-electron chi connectivity index (χ3n) is 1.62. The normalized spacial score (nSPS) is 9.86. The first-order chi connectivity index (χ1) is 6.81. The van der Waals surface area contributed by atoms with Crippen molar-refractivity contribution in [2.24, 2.45) is 4.99 Å². The van der Waals surface area contributed by atoms with Gasteiger partial charge in [-0.2, -0.15) is 0 Å². The van der Waals surface area contributed by atoms with Crippen molar-refractivity contribution >= 4 is 35.8 Å². The van der Waals surface area contributed by atoms with Gasteiger partial charge in [0.25, 0.3) is 0 Å². The van der Waals surface area contributed by atoms with E-state index in [4.69, 9.17) is 16.3 Å². The predicted molar refractivity (Wildman–Crippen MR) is 63.4 cm³/mol. The Labute approximate surface area is 93.3 Å².